The van der Waals surface area contributed by atoms with Crippen molar-refractivity contribution in [3.8, 4) is 0 Å². The molecule has 0 aliphatic heterocycles. The van der Waals surface area contributed by atoms with Gasteiger partial charge >= 0.3 is 11.7 Å². The molecule has 1 unspecified atom stereocenters. The van der Waals surface area contributed by atoms with Crippen molar-refractivity contribution < 1.29 is 19.9 Å². The van der Waals surface area contributed by atoms with Crippen LogP contribution >= 0.6 is 0 Å². The zero-order chi connectivity index (χ0) is 15.8. The molecule has 1 heterocycles. The lowest BCUT2D eigenvalue weighted by Crippen LogP contribution is -2.18. The van der Waals surface area contributed by atoms with Gasteiger partial charge in [-0.3, -0.25) is 10.1 Å². The van der Waals surface area contributed by atoms with E-state index in [1.165, 1.54) is 0 Å². The normalized spacial score (nSPS) is 11.9. The van der Waals surface area contributed by atoms with Gasteiger partial charge in [-0.15, -0.1) is 0 Å². The second-order valence-electron chi connectivity index (χ2n) is 4.67. The van der Waals surface area contributed by atoms with Crippen molar-refractivity contribution in [2.24, 2.45) is 5.92 Å². The molecule has 21 heavy (non-hydrogen) atoms. The van der Waals surface area contributed by atoms with Gasteiger partial charge in [0.25, 0.3) is 0 Å². The van der Waals surface area contributed by atoms with Gasteiger partial charge in [-0.1, -0.05) is 13.3 Å². The average Bonchev–Trinajstić information content (AvgIpc) is 2.44. The first kappa shape index (κ1) is 16.8. The standard InChI is InChI=1S/C13H19N3O5/c1-2-3-9(6-7-17)8-14-12-11(16(20)21)5-4-10(15-12)13(18)19/h4-5,9,17H,2-3,6-8H2,1H3,(H,14,15)(H,18,19). The first-order valence-electron chi connectivity index (χ1n) is 6.73. The highest BCUT2D eigenvalue weighted by atomic mass is 16.6. The van der Waals surface area contributed by atoms with Gasteiger partial charge in [0, 0.05) is 19.2 Å². The molecular formula is C13H19N3O5. The minimum Gasteiger partial charge on any atom is -0.477 e. The van der Waals surface area contributed by atoms with E-state index in [0.29, 0.717) is 13.0 Å². The number of nitro groups is 1. The third-order valence-electron chi connectivity index (χ3n) is 3.08. The molecule has 0 bridgehead atoms. The summed E-state index contributed by atoms with van der Waals surface area (Å²) in [4.78, 5) is 25.0. The van der Waals surface area contributed by atoms with Crippen LogP contribution in [-0.4, -0.2) is 39.2 Å². The molecule has 1 atom stereocenters. The maximum Gasteiger partial charge on any atom is 0.354 e. The summed E-state index contributed by atoms with van der Waals surface area (Å²) < 4.78 is 0. The predicted octanol–water partition coefficient (Wildman–Crippen LogP) is 1.90. The number of aliphatic hydroxyl groups excluding tert-OH is 1. The molecule has 3 N–H and O–H groups in total. The molecule has 0 aliphatic carbocycles. The van der Waals surface area contributed by atoms with Crippen molar-refractivity contribution in [1.29, 1.82) is 0 Å². The number of rotatable bonds is 9. The van der Waals surface area contributed by atoms with Crippen LogP contribution in [0.5, 0.6) is 0 Å². The summed E-state index contributed by atoms with van der Waals surface area (Å²) in [5, 5.41) is 31.7. The monoisotopic (exact) mass is 297 g/mol. The Balaban J connectivity index is 2.90. The number of carboxylic acids is 1. The van der Waals surface area contributed by atoms with Crippen molar-refractivity contribution >= 4 is 17.5 Å². The quantitative estimate of drug-likeness (QED) is 0.469. The fourth-order valence-electron chi connectivity index (χ4n) is 2.03. The molecule has 1 aromatic heterocycles. The number of aromatic carboxylic acids is 1. The van der Waals surface area contributed by atoms with Crippen LogP contribution in [0, 0.1) is 16.0 Å². The molecule has 0 amide bonds. The molecular weight excluding hydrogens is 278 g/mol. The molecule has 0 saturated carbocycles. The van der Waals surface area contributed by atoms with Crippen LogP contribution < -0.4 is 5.32 Å². The summed E-state index contributed by atoms with van der Waals surface area (Å²) in [7, 11) is 0. The Labute approximate surface area is 122 Å². The lowest BCUT2D eigenvalue weighted by Gasteiger charge is -2.16. The van der Waals surface area contributed by atoms with Crippen LogP contribution in [0.25, 0.3) is 0 Å². The van der Waals surface area contributed by atoms with Crippen LogP contribution in [0.2, 0.25) is 0 Å². The summed E-state index contributed by atoms with van der Waals surface area (Å²) in [6.45, 7) is 2.44. The number of hydrogen-bond acceptors (Lipinski definition) is 6. The van der Waals surface area contributed by atoms with Crippen molar-refractivity contribution in [3.63, 3.8) is 0 Å². The van der Waals surface area contributed by atoms with Crippen molar-refractivity contribution in [2.75, 3.05) is 18.5 Å². The number of aromatic nitrogens is 1. The fourth-order valence-corrected chi connectivity index (χ4v) is 2.03. The summed E-state index contributed by atoms with van der Waals surface area (Å²) in [6, 6.07) is 2.22. The third kappa shape index (κ3) is 4.99. The first-order chi connectivity index (χ1) is 9.99. The van der Waals surface area contributed by atoms with E-state index >= 15 is 0 Å². The Morgan fingerprint density at radius 3 is 2.71 bits per heavy atom. The van der Waals surface area contributed by atoms with Crippen LogP contribution in [-0.2, 0) is 0 Å². The van der Waals surface area contributed by atoms with Gasteiger partial charge in [0.15, 0.2) is 5.69 Å². The molecule has 0 fully saturated rings. The molecule has 0 spiro atoms. The zero-order valence-electron chi connectivity index (χ0n) is 11.8. The number of nitrogens with zero attached hydrogens (tertiary/aromatic N) is 2. The van der Waals surface area contributed by atoms with Crippen molar-refractivity contribution in [3.05, 3.63) is 27.9 Å². The second kappa shape index (κ2) is 8.15. The molecule has 8 nitrogen and oxygen atoms in total. The number of carboxylic acid groups (broad SMARTS) is 1. The average molecular weight is 297 g/mol. The van der Waals surface area contributed by atoms with Crippen LogP contribution in [0.3, 0.4) is 0 Å². The van der Waals surface area contributed by atoms with E-state index in [0.717, 1.165) is 25.0 Å². The minimum atomic E-state index is -1.24. The summed E-state index contributed by atoms with van der Waals surface area (Å²) in [6.07, 6.45) is 2.37. The number of carbonyl (C=O) groups is 1. The second-order valence-corrected chi connectivity index (χ2v) is 4.67. The third-order valence-corrected chi connectivity index (χ3v) is 3.08. The molecule has 0 saturated heterocycles. The van der Waals surface area contributed by atoms with E-state index in [9.17, 15) is 14.9 Å². The predicted molar refractivity (Wildman–Crippen MR) is 76.4 cm³/mol. The van der Waals surface area contributed by atoms with Gasteiger partial charge in [0.2, 0.25) is 5.82 Å². The van der Waals surface area contributed by atoms with Gasteiger partial charge in [0.05, 0.1) is 4.92 Å². The highest BCUT2D eigenvalue weighted by Crippen LogP contribution is 2.23. The molecule has 0 aromatic carbocycles. The van der Waals surface area contributed by atoms with E-state index in [1.807, 2.05) is 6.92 Å². The molecule has 116 valence electrons. The molecule has 0 aliphatic rings. The Morgan fingerprint density at radius 1 is 1.48 bits per heavy atom. The van der Waals surface area contributed by atoms with Crippen molar-refractivity contribution in [2.45, 2.75) is 26.2 Å². The van der Waals surface area contributed by atoms with Crippen LogP contribution in [0.15, 0.2) is 12.1 Å². The van der Waals surface area contributed by atoms with E-state index in [-0.39, 0.29) is 29.7 Å². The molecule has 1 aromatic rings. The molecule has 8 heteroatoms. The Hall–Kier alpha value is -2.22. The number of anilines is 1. The fraction of sp³-hybridized carbons (Fsp3) is 0.538. The topological polar surface area (TPSA) is 126 Å². The zero-order valence-corrected chi connectivity index (χ0v) is 11.8. The molecule has 1 rings (SSSR count). The molecule has 0 radical (unpaired) electrons. The van der Waals surface area contributed by atoms with Crippen LogP contribution in [0.1, 0.15) is 36.7 Å². The van der Waals surface area contributed by atoms with Gasteiger partial charge in [-0.2, -0.15) is 0 Å². The maximum atomic E-state index is 10.9. The Kier molecular flexibility index (Phi) is 6.54. The highest BCUT2D eigenvalue weighted by molar-refractivity contribution is 5.86. The van der Waals surface area contributed by atoms with E-state index in [2.05, 4.69) is 10.3 Å². The number of hydrogen-bond donors (Lipinski definition) is 3. The summed E-state index contributed by atoms with van der Waals surface area (Å²) in [5.41, 5.74) is -0.517. The Morgan fingerprint density at radius 2 is 2.19 bits per heavy atom. The van der Waals surface area contributed by atoms with Gasteiger partial charge in [0.1, 0.15) is 0 Å². The van der Waals surface area contributed by atoms with Gasteiger partial charge in [-0.05, 0) is 24.8 Å². The smallest absolute Gasteiger partial charge is 0.354 e. The minimum absolute atomic E-state index is 0.0387. The summed E-state index contributed by atoms with van der Waals surface area (Å²) in [5.74, 6) is -1.15. The lowest BCUT2D eigenvalue weighted by atomic mass is 10.0. The van der Waals surface area contributed by atoms with Crippen LogP contribution in [0.4, 0.5) is 11.5 Å². The Bertz CT molecular complexity index is 501. The van der Waals surface area contributed by atoms with Gasteiger partial charge < -0.3 is 15.5 Å². The van der Waals surface area contributed by atoms with Crippen molar-refractivity contribution in [1.82, 2.24) is 4.98 Å². The largest absolute Gasteiger partial charge is 0.477 e. The number of pyridine rings is 1. The number of nitrogens with one attached hydrogen (secondary N) is 1. The number of aliphatic hydroxyl groups is 1. The maximum absolute atomic E-state index is 10.9. The lowest BCUT2D eigenvalue weighted by molar-refractivity contribution is -0.384. The SMILES string of the molecule is CCCC(CCO)CNc1nc(C(=O)O)ccc1[N+](=O)[O-]. The highest BCUT2D eigenvalue weighted by Gasteiger charge is 2.19. The van der Waals surface area contributed by atoms with E-state index in [1.54, 1.807) is 0 Å². The first-order valence-corrected chi connectivity index (χ1v) is 6.73. The summed E-state index contributed by atoms with van der Waals surface area (Å²) >= 11 is 0. The van der Waals surface area contributed by atoms with Gasteiger partial charge in [-0.25, -0.2) is 9.78 Å². The van der Waals surface area contributed by atoms with E-state index in [4.69, 9.17) is 10.2 Å². The van der Waals surface area contributed by atoms with E-state index < -0.39 is 10.9 Å².